The van der Waals surface area contributed by atoms with E-state index in [9.17, 15) is 4.79 Å². The van der Waals surface area contributed by atoms with Gasteiger partial charge in [-0.05, 0) is 94.8 Å². The molecular weight excluding hydrogens is 386 g/mol. The van der Waals surface area contributed by atoms with Crippen molar-refractivity contribution in [3.05, 3.63) is 46.5 Å². The second-order valence-electron chi connectivity index (χ2n) is 8.65. The molecule has 0 aromatic heterocycles. The lowest BCUT2D eigenvalue weighted by Crippen LogP contribution is -2.38. The van der Waals surface area contributed by atoms with E-state index in [-0.39, 0.29) is 11.8 Å². The second kappa shape index (κ2) is 8.07. The number of carbonyl (C=O) groups excluding carboxylic acids is 1. The maximum absolute atomic E-state index is 12.8. The lowest BCUT2D eigenvalue weighted by atomic mass is 9.84. The van der Waals surface area contributed by atoms with Gasteiger partial charge in [-0.1, -0.05) is 20.8 Å². The van der Waals surface area contributed by atoms with Crippen LogP contribution in [0.2, 0.25) is 0 Å². The zero-order valence-electron chi connectivity index (χ0n) is 19.8. The maximum Gasteiger partial charge on any atom is 0.226 e. The zero-order valence-corrected chi connectivity index (χ0v) is 19.8. The number of methoxy groups -OCH3 is 2. The molecule has 4 nitrogen and oxygen atoms in total. The molecule has 2 aliphatic heterocycles. The van der Waals surface area contributed by atoms with Gasteiger partial charge in [0.1, 0.15) is 11.5 Å². The number of carbonyl (C=O) groups is 1. The number of rotatable bonds is 2. The molecule has 0 bridgehead atoms. The van der Waals surface area contributed by atoms with Gasteiger partial charge in [0.25, 0.3) is 0 Å². The number of ether oxygens (including phenoxy) is 2. The summed E-state index contributed by atoms with van der Waals surface area (Å²) in [7, 11) is 3.45. The highest BCUT2D eigenvalue weighted by Crippen LogP contribution is 2.44. The first-order valence-corrected chi connectivity index (χ1v) is 11.3. The molecule has 5 rings (SSSR count). The monoisotopic (exact) mass is 419 g/mol. The summed E-state index contributed by atoms with van der Waals surface area (Å²) >= 11 is 0. The Balaban J connectivity index is 0.00000112. The van der Waals surface area contributed by atoms with E-state index in [0.29, 0.717) is 12.6 Å². The molecule has 164 valence electrons. The van der Waals surface area contributed by atoms with Gasteiger partial charge in [-0.3, -0.25) is 4.79 Å². The molecule has 3 aromatic rings. The van der Waals surface area contributed by atoms with Crippen molar-refractivity contribution in [2.45, 2.75) is 60.0 Å². The van der Waals surface area contributed by atoms with Crippen LogP contribution in [-0.2, 0) is 17.8 Å². The second-order valence-corrected chi connectivity index (χ2v) is 8.65. The summed E-state index contributed by atoms with van der Waals surface area (Å²) in [4.78, 5) is 14.8. The normalized spacial score (nSPS) is 19.7. The van der Waals surface area contributed by atoms with Gasteiger partial charge in [-0.15, -0.1) is 0 Å². The smallest absolute Gasteiger partial charge is 0.226 e. The van der Waals surface area contributed by atoms with E-state index in [4.69, 9.17) is 9.47 Å². The van der Waals surface area contributed by atoms with Crippen LogP contribution in [0.15, 0.2) is 24.3 Å². The van der Waals surface area contributed by atoms with E-state index in [1.807, 2.05) is 13.8 Å². The average Bonchev–Trinajstić information content (AvgIpc) is 3.06. The van der Waals surface area contributed by atoms with Crippen LogP contribution in [0, 0.1) is 19.8 Å². The standard InChI is InChI=1S/C25H27NO3.C2H6/c1-13-7-17-18-8-14(2)24(29-5)11-21(18)22-12-26-16(6-15(3)25(26)27)9-19(22)20(17)10-23(13)28-4;1-2/h7-8,10-11,15-16H,6,9,12H2,1-5H3;1-2H3. The summed E-state index contributed by atoms with van der Waals surface area (Å²) in [5.74, 6) is 2.21. The third kappa shape index (κ3) is 3.24. The van der Waals surface area contributed by atoms with Crippen molar-refractivity contribution >= 4 is 27.5 Å². The topological polar surface area (TPSA) is 38.8 Å². The highest BCUT2D eigenvalue weighted by Gasteiger charge is 2.40. The Morgan fingerprint density at radius 2 is 1.35 bits per heavy atom. The maximum atomic E-state index is 12.8. The molecule has 2 heterocycles. The molecule has 1 saturated heterocycles. The molecule has 0 radical (unpaired) electrons. The quantitative estimate of drug-likeness (QED) is 0.482. The molecule has 2 unspecified atom stereocenters. The minimum atomic E-state index is 0.111. The highest BCUT2D eigenvalue weighted by atomic mass is 16.5. The fourth-order valence-electron chi connectivity index (χ4n) is 5.41. The largest absolute Gasteiger partial charge is 0.496 e. The number of benzene rings is 3. The first-order chi connectivity index (χ1) is 14.9. The molecule has 31 heavy (non-hydrogen) atoms. The molecule has 2 atom stereocenters. The van der Waals surface area contributed by atoms with Crippen molar-refractivity contribution in [2.75, 3.05) is 14.2 Å². The van der Waals surface area contributed by atoms with Crippen LogP contribution in [-0.4, -0.2) is 31.1 Å². The molecule has 0 saturated carbocycles. The predicted octanol–water partition coefficient (Wildman–Crippen LogP) is 5.95. The molecule has 1 fully saturated rings. The van der Waals surface area contributed by atoms with Crippen molar-refractivity contribution < 1.29 is 14.3 Å². The van der Waals surface area contributed by atoms with Gasteiger partial charge in [0.2, 0.25) is 5.91 Å². The molecule has 1 amide bonds. The summed E-state index contributed by atoms with van der Waals surface area (Å²) in [6, 6.07) is 9.12. The molecule has 0 spiro atoms. The minimum Gasteiger partial charge on any atom is -0.496 e. The van der Waals surface area contributed by atoms with Crippen LogP contribution in [0.25, 0.3) is 21.5 Å². The van der Waals surface area contributed by atoms with Crippen molar-refractivity contribution in [1.82, 2.24) is 4.90 Å². The first kappa shape index (κ1) is 21.5. The van der Waals surface area contributed by atoms with Gasteiger partial charge in [-0.25, -0.2) is 0 Å². The third-order valence-electron chi connectivity index (χ3n) is 6.91. The van der Waals surface area contributed by atoms with Crippen molar-refractivity contribution in [3.8, 4) is 11.5 Å². The number of hydrogen-bond donors (Lipinski definition) is 0. The van der Waals surface area contributed by atoms with Gasteiger partial charge in [0, 0.05) is 18.5 Å². The molecule has 4 heteroatoms. The third-order valence-corrected chi connectivity index (χ3v) is 6.91. The minimum absolute atomic E-state index is 0.111. The number of nitrogens with zero attached hydrogens (tertiary/aromatic N) is 1. The molecule has 3 aromatic carbocycles. The zero-order chi connectivity index (χ0) is 22.4. The van der Waals surface area contributed by atoms with E-state index in [1.165, 1.54) is 32.7 Å². The van der Waals surface area contributed by atoms with E-state index in [2.05, 4.69) is 49.9 Å². The van der Waals surface area contributed by atoms with Gasteiger partial charge < -0.3 is 14.4 Å². The van der Waals surface area contributed by atoms with Crippen LogP contribution in [0.3, 0.4) is 0 Å². The Morgan fingerprint density at radius 1 is 0.839 bits per heavy atom. The lowest BCUT2D eigenvalue weighted by Gasteiger charge is -2.34. The first-order valence-electron chi connectivity index (χ1n) is 11.3. The predicted molar refractivity (Wildman–Crippen MR) is 127 cm³/mol. The van der Waals surface area contributed by atoms with Gasteiger partial charge in [0.05, 0.1) is 14.2 Å². The fraction of sp³-hybridized carbons (Fsp3) is 0.444. The summed E-state index contributed by atoms with van der Waals surface area (Å²) in [5.41, 5.74) is 4.88. The van der Waals surface area contributed by atoms with Crippen LogP contribution in [0.5, 0.6) is 11.5 Å². The molecule has 2 aliphatic rings. The Hall–Kier alpha value is -2.75. The van der Waals surface area contributed by atoms with Gasteiger partial charge in [-0.2, -0.15) is 0 Å². The number of hydrogen-bond acceptors (Lipinski definition) is 3. The molecule has 0 N–H and O–H groups in total. The summed E-state index contributed by atoms with van der Waals surface area (Å²) in [5, 5.41) is 4.94. The summed E-state index contributed by atoms with van der Waals surface area (Å²) < 4.78 is 11.3. The lowest BCUT2D eigenvalue weighted by molar-refractivity contribution is -0.132. The van der Waals surface area contributed by atoms with Gasteiger partial charge >= 0.3 is 0 Å². The van der Waals surface area contributed by atoms with E-state index < -0.39 is 0 Å². The Morgan fingerprint density at radius 3 is 1.87 bits per heavy atom. The molecule has 0 aliphatic carbocycles. The van der Waals surface area contributed by atoms with Crippen LogP contribution >= 0.6 is 0 Å². The summed E-state index contributed by atoms with van der Waals surface area (Å²) in [6.07, 6.45) is 1.85. The van der Waals surface area contributed by atoms with Crippen molar-refractivity contribution in [1.29, 1.82) is 0 Å². The number of fused-ring (bicyclic) bond motifs is 7. The van der Waals surface area contributed by atoms with E-state index >= 15 is 0 Å². The molecular formula is C27H33NO3. The summed E-state index contributed by atoms with van der Waals surface area (Å²) in [6.45, 7) is 10.9. The number of amides is 1. The van der Waals surface area contributed by atoms with E-state index in [0.717, 1.165) is 35.5 Å². The Kier molecular flexibility index (Phi) is 5.59. The highest BCUT2D eigenvalue weighted by molar-refractivity contribution is 6.12. The van der Waals surface area contributed by atoms with Crippen LogP contribution < -0.4 is 9.47 Å². The SMILES string of the molecule is CC.COc1cc2c3c(c4cc(OC)c(C)cc4c2cc1C)CN1C(=O)C(C)CC1C3. The van der Waals surface area contributed by atoms with Crippen molar-refractivity contribution in [3.63, 3.8) is 0 Å². The van der Waals surface area contributed by atoms with E-state index in [1.54, 1.807) is 14.2 Å². The fourth-order valence-corrected chi connectivity index (χ4v) is 5.41. The van der Waals surface area contributed by atoms with Crippen LogP contribution in [0.4, 0.5) is 0 Å². The van der Waals surface area contributed by atoms with Crippen molar-refractivity contribution in [2.24, 2.45) is 5.92 Å². The van der Waals surface area contributed by atoms with Crippen LogP contribution in [0.1, 0.15) is 49.4 Å². The Bertz CT molecular complexity index is 1180. The average molecular weight is 420 g/mol. The Labute approximate surface area is 185 Å². The van der Waals surface area contributed by atoms with Gasteiger partial charge in [0.15, 0.2) is 0 Å². The number of aryl methyl sites for hydroxylation is 2.